The van der Waals surface area contributed by atoms with E-state index in [1.165, 1.54) is 0 Å². The summed E-state index contributed by atoms with van der Waals surface area (Å²) in [6.45, 7) is 8.27. The van der Waals surface area contributed by atoms with Crippen LogP contribution in [0.1, 0.15) is 37.9 Å². The third-order valence-corrected chi connectivity index (χ3v) is 2.34. The molecule has 3 nitrogen and oxygen atoms in total. The van der Waals surface area contributed by atoms with E-state index in [-0.39, 0.29) is 12.1 Å². The lowest BCUT2D eigenvalue weighted by molar-refractivity contribution is 0.00424. The maximum atomic E-state index is 11.9. The summed E-state index contributed by atoms with van der Waals surface area (Å²) in [6.07, 6.45) is -2.44. The minimum absolute atomic E-state index is 0.00552. The molecule has 0 aliphatic rings. The largest absolute Gasteiger partial charge is 0.462 e. The Labute approximate surface area is 107 Å². The van der Waals surface area contributed by atoms with Crippen LogP contribution in [0.25, 0.3) is 0 Å². The van der Waals surface area contributed by atoms with Gasteiger partial charge in [0.05, 0.1) is 6.54 Å². The van der Waals surface area contributed by atoms with Crippen LogP contribution in [0.3, 0.4) is 0 Å². The van der Waals surface area contributed by atoms with Gasteiger partial charge in [-0.2, -0.15) is 0 Å². The molecule has 1 aromatic rings. The van der Waals surface area contributed by atoms with Gasteiger partial charge >= 0.3 is 0 Å². The van der Waals surface area contributed by atoms with Crippen LogP contribution in [0.5, 0.6) is 0 Å². The van der Waals surface area contributed by atoms with Gasteiger partial charge in [-0.05, 0) is 39.3 Å². The Morgan fingerprint density at radius 1 is 1.39 bits per heavy atom. The first-order valence-electron chi connectivity index (χ1n) is 5.97. The summed E-state index contributed by atoms with van der Waals surface area (Å²) in [7, 11) is 0. The number of halogens is 2. The average molecular weight is 261 g/mol. The molecule has 0 bridgehead atoms. The smallest absolute Gasteiger partial charge is 0.261 e. The van der Waals surface area contributed by atoms with Crippen LogP contribution in [0.4, 0.5) is 8.78 Å². The van der Waals surface area contributed by atoms with Gasteiger partial charge < -0.3 is 14.5 Å². The van der Waals surface area contributed by atoms with E-state index in [9.17, 15) is 8.78 Å². The van der Waals surface area contributed by atoms with Crippen LogP contribution >= 0.6 is 0 Å². The van der Waals surface area contributed by atoms with Gasteiger partial charge in [-0.15, -0.1) is 0 Å². The molecule has 0 aliphatic heterocycles. The number of alkyl halides is 2. The molecule has 104 valence electrons. The fourth-order valence-electron chi connectivity index (χ4n) is 1.43. The minimum Gasteiger partial charge on any atom is -0.462 e. The van der Waals surface area contributed by atoms with Crippen LogP contribution < -0.4 is 5.32 Å². The lowest BCUT2D eigenvalue weighted by Crippen LogP contribution is -2.35. The summed E-state index contributed by atoms with van der Waals surface area (Å²) in [5, 5.41) is 3.31. The highest BCUT2D eigenvalue weighted by Crippen LogP contribution is 2.16. The molecule has 0 fully saturated rings. The van der Waals surface area contributed by atoms with Crippen molar-refractivity contribution in [3.05, 3.63) is 23.2 Å². The van der Waals surface area contributed by atoms with Gasteiger partial charge in [0.2, 0.25) is 0 Å². The first-order valence-corrected chi connectivity index (χ1v) is 5.97. The van der Waals surface area contributed by atoms with Gasteiger partial charge in [-0.1, -0.05) is 0 Å². The zero-order valence-corrected chi connectivity index (χ0v) is 11.3. The van der Waals surface area contributed by atoms with Crippen molar-refractivity contribution in [2.75, 3.05) is 6.61 Å². The molecular weight excluding hydrogens is 240 g/mol. The highest BCUT2D eigenvalue weighted by Gasteiger charge is 2.13. The third-order valence-electron chi connectivity index (χ3n) is 2.34. The molecule has 18 heavy (non-hydrogen) atoms. The van der Waals surface area contributed by atoms with Crippen molar-refractivity contribution in [1.29, 1.82) is 0 Å². The molecule has 5 heteroatoms. The Balaban J connectivity index is 2.48. The predicted octanol–water partition coefficient (Wildman–Crippen LogP) is 3.26. The van der Waals surface area contributed by atoms with E-state index in [0.29, 0.717) is 12.3 Å². The van der Waals surface area contributed by atoms with E-state index in [1.54, 1.807) is 0 Å². The molecule has 0 spiro atoms. The number of rotatable bonds is 6. The second kappa shape index (κ2) is 6.29. The van der Waals surface area contributed by atoms with E-state index in [4.69, 9.17) is 9.15 Å². The number of hydrogen-bond acceptors (Lipinski definition) is 3. The van der Waals surface area contributed by atoms with Crippen molar-refractivity contribution in [2.45, 2.75) is 52.8 Å². The summed E-state index contributed by atoms with van der Waals surface area (Å²) < 4.78 is 34.2. The lowest BCUT2D eigenvalue weighted by atomic mass is 10.1. The maximum Gasteiger partial charge on any atom is 0.261 e. The predicted molar refractivity (Wildman–Crippen MR) is 65.7 cm³/mol. The normalized spacial score (nSPS) is 12.4. The first-order chi connectivity index (χ1) is 8.28. The zero-order chi connectivity index (χ0) is 13.8. The zero-order valence-electron chi connectivity index (χ0n) is 11.3. The van der Waals surface area contributed by atoms with Crippen molar-refractivity contribution in [3.8, 4) is 0 Å². The minimum atomic E-state index is -2.44. The molecule has 0 radical (unpaired) electrons. The van der Waals surface area contributed by atoms with Gasteiger partial charge in [-0.3, -0.25) is 0 Å². The van der Waals surface area contributed by atoms with Gasteiger partial charge in [0, 0.05) is 5.54 Å². The molecule has 1 rings (SSSR count). The van der Waals surface area contributed by atoms with Crippen molar-refractivity contribution in [3.63, 3.8) is 0 Å². The highest BCUT2D eigenvalue weighted by molar-refractivity contribution is 5.19. The van der Waals surface area contributed by atoms with Gasteiger partial charge in [-0.25, -0.2) is 8.78 Å². The molecule has 0 saturated heterocycles. The number of aryl methyl sites for hydroxylation is 1. The molecule has 0 aromatic carbocycles. The molecular formula is C13H21F2NO2. The average Bonchev–Trinajstić information content (AvgIpc) is 2.54. The molecule has 0 amide bonds. The Morgan fingerprint density at radius 2 is 2.06 bits per heavy atom. The summed E-state index contributed by atoms with van der Waals surface area (Å²) in [6, 6.07) is 1.82. The SMILES string of the molecule is Cc1cc(COCC(F)F)oc1CNC(C)(C)C. The number of furan rings is 1. The molecule has 0 atom stereocenters. The van der Waals surface area contributed by atoms with E-state index in [2.05, 4.69) is 26.1 Å². The van der Waals surface area contributed by atoms with Crippen LogP contribution in [0, 0.1) is 6.92 Å². The molecule has 0 unspecified atom stereocenters. The lowest BCUT2D eigenvalue weighted by Gasteiger charge is -2.19. The van der Waals surface area contributed by atoms with Gasteiger partial charge in [0.15, 0.2) is 0 Å². The van der Waals surface area contributed by atoms with Crippen molar-refractivity contribution < 1.29 is 17.9 Å². The molecule has 1 aromatic heterocycles. The summed E-state index contributed by atoms with van der Waals surface area (Å²) in [4.78, 5) is 0. The van der Waals surface area contributed by atoms with Gasteiger partial charge in [0.25, 0.3) is 6.43 Å². The van der Waals surface area contributed by atoms with Crippen molar-refractivity contribution in [2.24, 2.45) is 0 Å². The topological polar surface area (TPSA) is 34.4 Å². The standard InChI is InChI=1S/C13H21F2NO2/c1-9-5-10(7-17-8-12(14)15)18-11(9)6-16-13(2,3)4/h5,12,16H,6-8H2,1-4H3. The summed E-state index contributed by atoms with van der Waals surface area (Å²) in [5.41, 5.74) is 1.01. The van der Waals surface area contributed by atoms with E-state index < -0.39 is 13.0 Å². The Morgan fingerprint density at radius 3 is 2.61 bits per heavy atom. The van der Waals surface area contributed by atoms with Crippen molar-refractivity contribution >= 4 is 0 Å². The molecule has 1 heterocycles. The third kappa shape index (κ3) is 5.60. The van der Waals surface area contributed by atoms with E-state index >= 15 is 0 Å². The van der Waals surface area contributed by atoms with E-state index in [1.807, 2.05) is 13.0 Å². The fraction of sp³-hybridized carbons (Fsp3) is 0.692. The number of nitrogens with one attached hydrogen (secondary N) is 1. The monoisotopic (exact) mass is 261 g/mol. The van der Waals surface area contributed by atoms with Crippen LogP contribution in [-0.4, -0.2) is 18.6 Å². The maximum absolute atomic E-state index is 11.9. The molecule has 0 saturated carbocycles. The summed E-state index contributed by atoms with van der Waals surface area (Å²) >= 11 is 0. The number of ether oxygens (including phenoxy) is 1. The van der Waals surface area contributed by atoms with E-state index in [0.717, 1.165) is 11.3 Å². The summed E-state index contributed by atoms with van der Waals surface area (Å²) in [5.74, 6) is 1.40. The fourth-order valence-corrected chi connectivity index (χ4v) is 1.43. The van der Waals surface area contributed by atoms with Crippen LogP contribution in [0.15, 0.2) is 10.5 Å². The van der Waals surface area contributed by atoms with Gasteiger partial charge in [0.1, 0.15) is 24.7 Å². The second-order valence-electron chi connectivity index (χ2n) is 5.33. The quantitative estimate of drug-likeness (QED) is 0.853. The molecule has 0 aliphatic carbocycles. The van der Waals surface area contributed by atoms with Crippen molar-refractivity contribution in [1.82, 2.24) is 5.32 Å². The second-order valence-corrected chi connectivity index (χ2v) is 5.33. The van der Waals surface area contributed by atoms with Crippen LogP contribution in [0.2, 0.25) is 0 Å². The Hall–Kier alpha value is -0.940. The Kier molecular flexibility index (Phi) is 5.28. The van der Waals surface area contributed by atoms with Crippen LogP contribution in [-0.2, 0) is 17.9 Å². The molecule has 1 N–H and O–H groups in total. The first kappa shape index (κ1) is 15.1. The highest BCUT2D eigenvalue weighted by atomic mass is 19.3. The number of hydrogen-bond donors (Lipinski definition) is 1. The Bertz CT molecular complexity index is 370.